The van der Waals surface area contributed by atoms with Crippen molar-refractivity contribution in [2.75, 3.05) is 0 Å². The van der Waals surface area contributed by atoms with E-state index < -0.39 is 0 Å². The highest BCUT2D eigenvalue weighted by Crippen LogP contribution is 2.53. The second-order valence-electron chi connectivity index (χ2n) is 3.37. The molecule has 2 aliphatic heterocycles. The van der Waals surface area contributed by atoms with Crippen LogP contribution in [0.5, 0.6) is 0 Å². The summed E-state index contributed by atoms with van der Waals surface area (Å²) in [7, 11) is 0. The molecule has 98 valence electrons. The van der Waals surface area contributed by atoms with Crippen molar-refractivity contribution in [2.45, 2.75) is 0 Å². The minimum atomic E-state index is 0.106. The molecule has 0 fully saturated rings. The maximum Gasteiger partial charge on any atom is 0.129 e. The van der Waals surface area contributed by atoms with Crippen LogP contribution in [0.4, 0.5) is 0 Å². The predicted molar refractivity (Wildman–Crippen MR) is 92.2 cm³/mol. The molecule has 0 unspecified atom stereocenters. The number of rotatable bonds is 3. The van der Waals surface area contributed by atoms with E-state index in [0.29, 0.717) is 0 Å². The van der Waals surface area contributed by atoms with Gasteiger partial charge in [0.15, 0.2) is 0 Å². The third-order valence-electron chi connectivity index (χ3n) is 2.05. The molecule has 0 saturated carbocycles. The summed E-state index contributed by atoms with van der Waals surface area (Å²) in [5.41, 5.74) is 0.106. The SMILES string of the molecule is N#CC(C#N)=C/C=C/C=C/C1=CSC(=C2SC=CS2)S1. The van der Waals surface area contributed by atoms with Crippen molar-refractivity contribution in [3.63, 3.8) is 0 Å². The summed E-state index contributed by atoms with van der Waals surface area (Å²) in [6.45, 7) is 0. The van der Waals surface area contributed by atoms with Crippen LogP contribution in [0.25, 0.3) is 0 Å². The minimum absolute atomic E-state index is 0.106. The van der Waals surface area contributed by atoms with Crippen LogP contribution >= 0.6 is 47.0 Å². The fraction of sp³-hybridized carbons (Fsp3) is 0. The van der Waals surface area contributed by atoms with Gasteiger partial charge in [-0.05, 0) is 28.4 Å². The Kier molecular flexibility index (Phi) is 6.23. The Hall–Kier alpha value is -1.18. The zero-order valence-electron chi connectivity index (χ0n) is 10.1. The first-order valence-corrected chi connectivity index (χ1v) is 8.91. The Morgan fingerprint density at radius 1 is 0.950 bits per heavy atom. The number of allylic oxidation sites excluding steroid dienone is 6. The van der Waals surface area contributed by atoms with E-state index in [0.717, 1.165) is 0 Å². The summed E-state index contributed by atoms with van der Waals surface area (Å²) in [6, 6.07) is 3.62. The Morgan fingerprint density at radius 3 is 2.40 bits per heavy atom. The molecule has 0 amide bonds. The smallest absolute Gasteiger partial charge is 0.129 e. The Bertz CT molecular complexity index is 626. The van der Waals surface area contributed by atoms with Gasteiger partial charge in [0, 0.05) is 4.91 Å². The monoisotopic (exact) mass is 332 g/mol. The number of hydrogen-bond donors (Lipinski definition) is 0. The van der Waals surface area contributed by atoms with Crippen LogP contribution in [0.1, 0.15) is 0 Å². The molecule has 0 bridgehead atoms. The van der Waals surface area contributed by atoms with E-state index in [9.17, 15) is 0 Å². The summed E-state index contributed by atoms with van der Waals surface area (Å²) in [5.74, 6) is 0. The fourth-order valence-corrected chi connectivity index (χ4v) is 5.56. The van der Waals surface area contributed by atoms with Gasteiger partial charge in [-0.25, -0.2) is 0 Å². The highest BCUT2D eigenvalue weighted by molar-refractivity contribution is 8.33. The minimum Gasteiger partial charge on any atom is -0.192 e. The standard InChI is InChI=1S/C14H8N2S4/c15-8-11(9-16)4-2-1-3-5-12-10-19-14(20-12)13-17-6-7-18-13/h1-7,10H/b2-1+,5-3+. The third-order valence-corrected chi connectivity index (χ3v) is 7.06. The molecule has 0 aromatic carbocycles. The summed E-state index contributed by atoms with van der Waals surface area (Å²) >= 11 is 7.04. The van der Waals surface area contributed by atoms with Crippen molar-refractivity contribution in [3.05, 3.63) is 65.6 Å². The molecule has 0 radical (unpaired) electrons. The van der Waals surface area contributed by atoms with Gasteiger partial charge in [-0.15, -0.1) is 0 Å². The average molecular weight is 332 g/mol. The first-order chi connectivity index (χ1) is 9.83. The number of nitrogens with zero attached hydrogens (tertiary/aromatic N) is 2. The lowest BCUT2D eigenvalue weighted by atomic mass is 10.3. The lowest BCUT2D eigenvalue weighted by Gasteiger charge is -1.99. The Balaban J connectivity index is 1.87. The third kappa shape index (κ3) is 4.43. The summed E-state index contributed by atoms with van der Waals surface area (Å²) < 4.78 is 2.66. The summed E-state index contributed by atoms with van der Waals surface area (Å²) in [6.07, 6.45) is 8.93. The van der Waals surface area contributed by atoms with Gasteiger partial charge < -0.3 is 0 Å². The Labute approximate surface area is 135 Å². The zero-order chi connectivity index (χ0) is 14.2. The van der Waals surface area contributed by atoms with Crippen LogP contribution in [-0.2, 0) is 0 Å². The number of thioether (sulfide) groups is 4. The quantitative estimate of drug-likeness (QED) is 0.504. The van der Waals surface area contributed by atoms with E-state index in [1.807, 2.05) is 30.4 Å². The molecule has 0 atom stereocenters. The molecular weight excluding hydrogens is 324 g/mol. The van der Waals surface area contributed by atoms with E-state index in [-0.39, 0.29) is 5.57 Å². The van der Waals surface area contributed by atoms with Crippen molar-refractivity contribution in [3.8, 4) is 12.1 Å². The maximum atomic E-state index is 8.57. The molecule has 0 saturated heterocycles. The first-order valence-electron chi connectivity index (χ1n) is 5.46. The lowest BCUT2D eigenvalue weighted by Crippen LogP contribution is -1.68. The van der Waals surface area contributed by atoms with Crippen molar-refractivity contribution in [1.82, 2.24) is 0 Å². The maximum absolute atomic E-state index is 8.57. The highest BCUT2D eigenvalue weighted by atomic mass is 32.2. The van der Waals surface area contributed by atoms with Gasteiger partial charge in [0.2, 0.25) is 0 Å². The molecule has 2 aliphatic rings. The predicted octanol–water partition coefficient (Wildman–Crippen LogP) is 5.47. The molecule has 0 aromatic rings. The normalized spacial score (nSPS) is 17.6. The van der Waals surface area contributed by atoms with Crippen molar-refractivity contribution in [2.24, 2.45) is 0 Å². The van der Waals surface area contributed by atoms with Crippen LogP contribution < -0.4 is 0 Å². The van der Waals surface area contributed by atoms with Gasteiger partial charge in [-0.1, -0.05) is 65.3 Å². The molecule has 20 heavy (non-hydrogen) atoms. The summed E-state index contributed by atoms with van der Waals surface area (Å²) in [4.78, 5) is 1.19. The van der Waals surface area contributed by atoms with Crippen molar-refractivity contribution in [1.29, 1.82) is 10.5 Å². The molecular formula is C14H8N2S4. The first kappa shape index (κ1) is 15.2. The molecule has 2 nitrogen and oxygen atoms in total. The van der Waals surface area contributed by atoms with Gasteiger partial charge >= 0.3 is 0 Å². The number of hydrogen-bond acceptors (Lipinski definition) is 6. The average Bonchev–Trinajstić information content (AvgIpc) is 3.13. The fourth-order valence-electron chi connectivity index (χ4n) is 1.20. The second kappa shape index (κ2) is 8.18. The molecule has 2 heterocycles. The van der Waals surface area contributed by atoms with Crippen molar-refractivity contribution >= 4 is 47.0 Å². The van der Waals surface area contributed by atoms with Crippen LogP contribution in [0, 0.1) is 22.7 Å². The molecule has 6 heteroatoms. The van der Waals surface area contributed by atoms with Crippen molar-refractivity contribution < 1.29 is 0 Å². The largest absolute Gasteiger partial charge is 0.192 e. The highest BCUT2D eigenvalue weighted by Gasteiger charge is 2.16. The molecule has 2 rings (SSSR count). The second-order valence-corrected chi connectivity index (χ2v) is 7.68. The van der Waals surface area contributed by atoms with Crippen LogP contribution in [0.2, 0.25) is 0 Å². The molecule has 0 N–H and O–H groups in total. The summed E-state index contributed by atoms with van der Waals surface area (Å²) in [5, 5.41) is 23.5. The van der Waals surface area contributed by atoms with E-state index in [4.69, 9.17) is 10.5 Å². The molecule has 0 spiro atoms. The van der Waals surface area contributed by atoms with E-state index in [2.05, 4.69) is 16.2 Å². The van der Waals surface area contributed by atoms with E-state index in [1.54, 1.807) is 53.1 Å². The van der Waals surface area contributed by atoms with Gasteiger partial charge in [-0.3, -0.25) is 0 Å². The van der Waals surface area contributed by atoms with Gasteiger partial charge in [0.1, 0.15) is 17.7 Å². The zero-order valence-corrected chi connectivity index (χ0v) is 13.4. The van der Waals surface area contributed by atoms with Crippen LogP contribution in [0.15, 0.2) is 65.6 Å². The van der Waals surface area contributed by atoms with Crippen LogP contribution in [0.3, 0.4) is 0 Å². The van der Waals surface area contributed by atoms with Crippen LogP contribution in [-0.4, -0.2) is 0 Å². The van der Waals surface area contributed by atoms with E-state index >= 15 is 0 Å². The molecule has 0 aliphatic carbocycles. The topological polar surface area (TPSA) is 47.6 Å². The van der Waals surface area contributed by atoms with E-state index in [1.165, 1.54) is 19.5 Å². The van der Waals surface area contributed by atoms with Gasteiger partial charge in [0.25, 0.3) is 0 Å². The lowest BCUT2D eigenvalue weighted by molar-refractivity contribution is 1.46. The molecule has 0 aromatic heterocycles. The van der Waals surface area contributed by atoms with Gasteiger partial charge in [0.05, 0.1) is 8.47 Å². The number of nitriles is 2. The Morgan fingerprint density at radius 2 is 1.70 bits per heavy atom. The van der Waals surface area contributed by atoms with Gasteiger partial charge in [-0.2, -0.15) is 10.5 Å².